The maximum Gasteiger partial charge on any atom is 0.141 e. The second kappa shape index (κ2) is 5.47. The van der Waals surface area contributed by atoms with E-state index in [-0.39, 0.29) is 17.9 Å². The van der Waals surface area contributed by atoms with E-state index < -0.39 is 0 Å². The van der Waals surface area contributed by atoms with Crippen LogP contribution < -0.4 is 0 Å². The molecule has 0 amide bonds. The summed E-state index contributed by atoms with van der Waals surface area (Å²) in [5.74, 6) is 0.554. The maximum absolute atomic E-state index is 11.9. The van der Waals surface area contributed by atoms with Crippen LogP contribution >= 0.6 is 0 Å². The molecule has 0 spiro atoms. The van der Waals surface area contributed by atoms with Crippen molar-refractivity contribution in [1.82, 2.24) is 0 Å². The Morgan fingerprint density at radius 2 is 2.36 bits per heavy atom. The van der Waals surface area contributed by atoms with Gasteiger partial charge < -0.3 is 9.47 Å². The molecule has 0 saturated carbocycles. The van der Waals surface area contributed by atoms with Crippen molar-refractivity contribution in [2.75, 3.05) is 20.3 Å². The summed E-state index contributed by atoms with van der Waals surface area (Å²) in [5.41, 5.74) is 0. The van der Waals surface area contributed by atoms with Crippen molar-refractivity contribution in [3.8, 4) is 0 Å². The van der Waals surface area contributed by atoms with Gasteiger partial charge in [0.05, 0.1) is 6.10 Å². The fourth-order valence-electron chi connectivity index (χ4n) is 1.91. The molecule has 1 saturated heterocycles. The molecule has 82 valence electrons. The van der Waals surface area contributed by atoms with Gasteiger partial charge in [0, 0.05) is 32.2 Å². The van der Waals surface area contributed by atoms with Gasteiger partial charge in [0.25, 0.3) is 0 Å². The molecule has 0 N–H and O–H groups in total. The predicted octanol–water partition coefficient (Wildman–Crippen LogP) is 1.65. The third-order valence-electron chi connectivity index (χ3n) is 2.98. The highest BCUT2D eigenvalue weighted by Gasteiger charge is 2.32. The Kier molecular flexibility index (Phi) is 4.55. The highest BCUT2D eigenvalue weighted by molar-refractivity contribution is 5.83. The highest BCUT2D eigenvalue weighted by Crippen LogP contribution is 2.25. The Morgan fingerprint density at radius 1 is 1.64 bits per heavy atom. The van der Waals surface area contributed by atoms with Gasteiger partial charge in [0.15, 0.2) is 0 Å². The van der Waals surface area contributed by atoms with Gasteiger partial charge in [-0.1, -0.05) is 6.92 Å². The van der Waals surface area contributed by atoms with Crippen LogP contribution in [-0.4, -0.2) is 32.2 Å². The molecule has 3 unspecified atom stereocenters. The van der Waals surface area contributed by atoms with Crippen LogP contribution in [-0.2, 0) is 14.3 Å². The molecule has 1 aliphatic rings. The zero-order valence-electron chi connectivity index (χ0n) is 9.29. The molecule has 1 aliphatic heterocycles. The molecule has 0 bridgehead atoms. The van der Waals surface area contributed by atoms with E-state index in [2.05, 4.69) is 0 Å². The van der Waals surface area contributed by atoms with Gasteiger partial charge in [-0.05, 0) is 19.8 Å². The normalized spacial score (nSPS) is 29.1. The van der Waals surface area contributed by atoms with Crippen LogP contribution in [0.3, 0.4) is 0 Å². The van der Waals surface area contributed by atoms with Crippen molar-refractivity contribution < 1.29 is 14.3 Å². The number of ether oxygens (including phenoxy) is 2. The quantitative estimate of drug-likeness (QED) is 0.677. The molecule has 0 aliphatic carbocycles. The number of hydrogen-bond acceptors (Lipinski definition) is 3. The molecule has 1 rings (SSSR count). The average molecular weight is 200 g/mol. The van der Waals surface area contributed by atoms with Crippen molar-refractivity contribution >= 4 is 5.78 Å². The Morgan fingerprint density at radius 3 is 2.86 bits per heavy atom. The van der Waals surface area contributed by atoms with Crippen LogP contribution in [0.15, 0.2) is 0 Å². The smallest absolute Gasteiger partial charge is 0.141 e. The summed E-state index contributed by atoms with van der Waals surface area (Å²) in [6.07, 6.45) is 1.81. The molecule has 3 nitrogen and oxygen atoms in total. The fraction of sp³-hybridized carbons (Fsp3) is 0.909. The van der Waals surface area contributed by atoms with Gasteiger partial charge >= 0.3 is 0 Å². The van der Waals surface area contributed by atoms with Crippen LogP contribution in [0.5, 0.6) is 0 Å². The lowest BCUT2D eigenvalue weighted by atomic mass is 9.88. The number of methoxy groups -OCH3 is 1. The lowest BCUT2D eigenvalue weighted by Crippen LogP contribution is -2.27. The predicted molar refractivity (Wildman–Crippen MR) is 54.2 cm³/mol. The van der Waals surface area contributed by atoms with E-state index in [1.807, 2.05) is 13.8 Å². The Hall–Kier alpha value is -0.410. The first-order valence-electron chi connectivity index (χ1n) is 5.31. The highest BCUT2D eigenvalue weighted by atomic mass is 16.5. The second-order valence-corrected chi connectivity index (χ2v) is 4.06. The summed E-state index contributed by atoms with van der Waals surface area (Å²) >= 11 is 0. The van der Waals surface area contributed by atoms with Crippen molar-refractivity contribution in [1.29, 1.82) is 0 Å². The van der Waals surface area contributed by atoms with E-state index in [0.29, 0.717) is 12.4 Å². The molecule has 1 fully saturated rings. The molecule has 1 heterocycles. The van der Waals surface area contributed by atoms with Crippen LogP contribution in [0.1, 0.15) is 26.7 Å². The molecule has 3 heteroatoms. The molecule has 0 aromatic rings. The van der Waals surface area contributed by atoms with Crippen LogP contribution in [0.25, 0.3) is 0 Å². The van der Waals surface area contributed by atoms with Crippen molar-refractivity contribution in [3.05, 3.63) is 0 Å². The molecular formula is C11H20O3. The number of carbonyl (C=O) groups is 1. The Bertz CT molecular complexity index is 191. The topological polar surface area (TPSA) is 35.5 Å². The van der Waals surface area contributed by atoms with Gasteiger partial charge in [0.1, 0.15) is 5.78 Å². The van der Waals surface area contributed by atoms with E-state index in [1.165, 1.54) is 0 Å². The summed E-state index contributed by atoms with van der Waals surface area (Å²) in [5, 5.41) is 0. The number of hydrogen-bond donors (Lipinski definition) is 0. The van der Waals surface area contributed by atoms with Gasteiger partial charge in [-0.25, -0.2) is 0 Å². The summed E-state index contributed by atoms with van der Waals surface area (Å²) < 4.78 is 10.4. The zero-order valence-corrected chi connectivity index (χ0v) is 9.29. The van der Waals surface area contributed by atoms with E-state index in [0.717, 1.165) is 19.4 Å². The van der Waals surface area contributed by atoms with Crippen molar-refractivity contribution in [3.63, 3.8) is 0 Å². The van der Waals surface area contributed by atoms with Gasteiger partial charge in [0.2, 0.25) is 0 Å². The van der Waals surface area contributed by atoms with Crippen LogP contribution in [0.4, 0.5) is 0 Å². The van der Waals surface area contributed by atoms with Gasteiger partial charge in [-0.2, -0.15) is 0 Å². The SMILES string of the molecule is COCCC(C)C(=O)C1CCOC1C. The van der Waals surface area contributed by atoms with Crippen molar-refractivity contribution in [2.24, 2.45) is 11.8 Å². The molecule has 3 atom stereocenters. The first-order valence-corrected chi connectivity index (χ1v) is 5.31. The average Bonchev–Trinajstić information content (AvgIpc) is 2.59. The minimum Gasteiger partial charge on any atom is -0.385 e. The van der Waals surface area contributed by atoms with E-state index in [9.17, 15) is 4.79 Å². The first-order chi connectivity index (χ1) is 6.66. The van der Waals surface area contributed by atoms with E-state index in [1.54, 1.807) is 7.11 Å². The van der Waals surface area contributed by atoms with E-state index in [4.69, 9.17) is 9.47 Å². The van der Waals surface area contributed by atoms with Crippen LogP contribution in [0.2, 0.25) is 0 Å². The summed E-state index contributed by atoms with van der Waals surface area (Å²) in [4.78, 5) is 11.9. The fourth-order valence-corrected chi connectivity index (χ4v) is 1.91. The standard InChI is InChI=1S/C11H20O3/c1-8(4-6-13-3)11(12)10-5-7-14-9(10)2/h8-10H,4-7H2,1-3H3. The molecule has 0 aromatic carbocycles. The van der Waals surface area contributed by atoms with E-state index >= 15 is 0 Å². The number of carbonyl (C=O) groups excluding carboxylic acids is 1. The summed E-state index contributed by atoms with van der Waals surface area (Å²) in [6.45, 7) is 5.36. The largest absolute Gasteiger partial charge is 0.385 e. The van der Waals surface area contributed by atoms with Crippen molar-refractivity contribution in [2.45, 2.75) is 32.8 Å². The summed E-state index contributed by atoms with van der Waals surface area (Å²) in [7, 11) is 1.67. The molecule has 14 heavy (non-hydrogen) atoms. The molecule has 0 aromatic heterocycles. The number of rotatable bonds is 5. The Balaban J connectivity index is 2.39. The number of Topliss-reactive ketones (excluding diaryl/α,β-unsaturated/α-hetero) is 1. The zero-order chi connectivity index (χ0) is 10.6. The third kappa shape index (κ3) is 2.79. The Labute approximate surface area is 85.8 Å². The monoisotopic (exact) mass is 200 g/mol. The lowest BCUT2D eigenvalue weighted by Gasteiger charge is -2.17. The molecular weight excluding hydrogens is 180 g/mol. The van der Waals surface area contributed by atoms with Crippen LogP contribution in [0, 0.1) is 11.8 Å². The van der Waals surface area contributed by atoms with Gasteiger partial charge in [-0.3, -0.25) is 4.79 Å². The molecule has 0 radical (unpaired) electrons. The first kappa shape index (κ1) is 11.7. The minimum atomic E-state index is 0.101. The number of ketones is 1. The second-order valence-electron chi connectivity index (χ2n) is 4.06. The van der Waals surface area contributed by atoms with Gasteiger partial charge in [-0.15, -0.1) is 0 Å². The third-order valence-corrected chi connectivity index (χ3v) is 2.98. The summed E-state index contributed by atoms with van der Waals surface area (Å²) in [6, 6.07) is 0. The lowest BCUT2D eigenvalue weighted by molar-refractivity contribution is -0.128. The maximum atomic E-state index is 11.9. The minimum absolute atomic E-state index is 0.101.